The van der Waals surface area contributed by atoms with E-state index in [2.05, 4.69) is 58.0 Å². The number of rotatable bonds is 12. The van der Waals surface area contributed by atoms with Gasteiger partial charge < -0.3 is 23.6 Å². The van der Waals surface area contributed by atoms with Crippen molar-refractivity contribution in [1.29, 1.82) is 0 Å². The standard InChI is InChI=1S/C24H46N3O6PSi/c1-16(2)25-12-11-18(4)32-34(30-8)33-19-13-21(27-14-17(3)22(28)26-23(27)29)31-20(19)15-35(9,10)24(5,6)7/h14,16,18-21,25H,11-13,15H2,1-10H3,(H,26,28,29)/t18?,19?,20?,21?,34-/m1/s1. The molecule has 1 aromatic rings. The first-order valence-corrected chi connectivity index (χ1v) is 16.8. The largest absolute Gasteiger partial charge is 0.352 e. The van der Waals surface area contributed by atoms with Gasteiger partial charge in [0.1, 0.15) is 6.23 Å². The van der Waals surface area contributed by atoms with Gasteiger partial charge in [0.25, 0.3) is 5.56 Å². The number of aryl methyl sites for hydroxylation is 1. The summed E-state index contributed by atoms with van der Waals surface area (Å²) in [6.07, 6.45) is 1.82. The number of aromatic nitrogens is 2. The number of hydrogen-bond acceptors (Lipinski definition) is 7. The van der Waals surface area contributed by atoms with Crippen LogP contribution in [0.15, 0.2) is 15.8 Å². The van der Waals surface area contributed by atoms with E-state index in [-0.39, 0.29) is 28.9 Å². The first kappa shape index (κ1) is 30.4. The number of H-pyrrole nitrogens is 1. The second-order valence-electron chi connectivity index (χ2n) is 11.5. The highest BCUT2D eigenvalue weighted by atomic mass is 31.2. The predicted molar refractivity (Wildman–Crippen MR) is 144 cm³/mol. The topological polar surface area (TPSA) is 104 Å². The molecule has 11 heteroatoms. The van der Waals surface area contributed by atoms with Crippen molar-refractivity contribution in [1.82, 2.24) is 14.9 Å². The van der Waals surface area contributed by atoms with Crippen LogP contribution in [0.1, 0.15) is 66.2 Å². The normalized spacial score (nSPS) is 23.1. The van der Waals surface area contributed by atoms with Gasteiger partial charge in [0.05, 0.1) is 26.4 Å². The van der Waals surface area contributed by atoms with E-state index in [4.69, 9.17) is 18.3 Å². The van der Waals surface area contributed by atoms with Crippen LogP contribution in [0.5, 0.6) is 0 Å². The van der Waals surface area contributed by atoms with E-state index < -0.39 is 28.6 Å². The van der Waals surface area contributed by atoms with E-state index in [9.17, 15) is 9.59 Å². The minimum atomic E-state index is -1.73. The van der Waals surface area contributed by atoms with E-state index >= 15 is 0 Å². The summed E-state index contributed by atoms with van der Waals surface area (Å²) in [5.74, 6) is 0. The molecule has 1 aromatic heterocycles. The summed E-state index contributed by atoms with van der Waals surface area (Å²) in [7, 11) is -1.72. The van der Waals surface area contributed by atoms with Crippen molar-refractivity contribution >= 4 is 16.7 Å². The summed E-state index contributed by atoms with van der Waals surface area (Å²) in [5, 5.41) is 3.57. The maximum atomic E-state index is 12.6. The van der Waals surface area contributed by atoms with Gasteiger partial charge in [-0.1, -0.05) is 47.7 Å². The molecule has 1 saturated heterocycles. The average Bonchev–Trinajstić information content (AvgIpc) is 3.10. The summed E-state index contributed by atoms with van der Waals surface area (Å²) in [5.41, 5.74) is -0.397. The lowest BCUT2D eigenvalue weighted by molar-refractivity contribution is -0.0113. The first-order valence-electron chi connectivity index (χ1n) is 12.5. The molecule has 0 aliphatic carbocycles. The van der Waals surface area contributed by atoms with Gasteiger partial charge in [-0.15, -0.1) is 0 Å². The van der Waals surface area contributed by atoms with Gasteiger partial charge in [0.2, 0.25) is 0 Å². The third-order valence-corrected chi connectivity index (χ3v) is 13.9. The summed E-state index contributed by atoms with van der Waals surface area (Å²) < 4.78 is 26.0. The van der Waals surface area contributed by atoms with Crippen LogP contribution >= 0.6 is 8.60 Å². The third kappa shape index (κ3) is 8.59. The van der Waals surface area contributed by atoms with Crippen molar-refractivity contribution in [2.45, 2.75) is 116 Å². The molecule has 4 unspecified atom stereocenters. The first-order chi connectivity index (χ1) is 16.1. The Morgan fingerprint density at radius 3 is 2.51 bits per heavy atom. The molecule has 0 aromatic carbocycles. The lowest BCUT2D eigenvalue weighted by Gasteiger charge is -2.39. The van der Waals surface area contributed by atoms with Crippen LogP contribution in [-0.4, -0.2) is 55.6 Å². The summed E-state index contributed by atoms with van der Waals surface area (Å²) in [6.45, 7) is 20.3. The van der Waals surface area contributed by atoms with Gasteiger partial charge in [-0.2, -0.15) is 0 Å². The highest BCUT2D eigenvalue weighted by Gasteiger charge is 2.46. The van der Waals surface area contributed by atoms with Crippen molar-refractivity contribution in [3.8, 4) is 0 Å². The van der Waals surface area contributed by atoms with Crippen LogP contribution in [-0.2, 0) is 18.3 Å². The number of aromatic amines is 1. The number of nitrogens with one attached hydrogen (secondary N) is 2. The van der Waals surface area contributed by atoms with Crippen LogP contribution in [0.4, 0.5) is 0 Å². The average molecular weight is 532 g/mol. The van der Waals surface area contributed by atoms with Gasteiger partial charge in [0.15, 0.2) is 0 Å². The monoisotopic (exact) mass is 531 g/mol. The van der Waals surface area contributed by atoms with E-state index in [1.54, 1.807) is 20.2 Å². The molecule has 1 fully saturated rings. The molecule has 35 heavy (non-hydrogen) atoms. The van der Waals surface area contributed by atoms with Gasteiger partial charge in [-0.3, -0.25) is 14.3 Å². The number of hydrogen-bond donors (Lipinski definition) is 2. The molecule has 1 aliphatic rings. The minimum Gasteiger partial charge on any atom is -0.352 e. The van der Waals surface area contributed by atoms with Crippen molar-refractivity contribution in [3.05, 3.63) is 32.6 Å². The number of nitrogens with zero attached hydrogens (tertiary/aromatic N) is 1. The Bertz CT molecular complexity index is 929. The smallest absolute Gasteiger partial charge is 0.333 e. The van der Waals surface area contributed by atoms with Gasteiger partial charge >= 0.3 is 14.3 Å². The van der Waals surface area contributed by atoms with Crippen LogP contribution in [0.2, 0.25) is 24.2 Å². The molecule has 1 aliphatic heterocycles. The van der Waals surface area contributed by atoms with Gasteiger partial charge in [-0.05, 0) is 37.9 Å². The lowest BCUT2D eigenvalue weighted by atomic mass is 10.2. The Labute approximate surface area is 212 Å². The Morgan fingerprint density at radius 1 is 1.29 bits per heavy atom. The second kappa shape index (κ2) is 12.6. The van der Waals surface area contributed by atoms with Crippen LogP contribution in [0, 0.1) is 6.92 Å². The van der Waals surface area contributed by atoms with Gasteiger partial charge in [-0.25, -0.2) is 4.79 Å². The molecule has 202 valence electrons. The van der Waals surface area contributed by atoms with Crippen LogP contribution < -0.4 is 16.6 Å². The molecule has 0 radical (unpaired) electrons. The zero-order valence-corrected chi connectivity index (χ0v) is 25.0. The fraction of sp³-hybridized carbons (Fsp3) is 0.833. The SMILES string of the molecule is CO[P@](OC(C)CCNC(C)C)OC1CC(n2cc(C)c(=O)[nH]c2=O)OC1C[Si](C)(C)C(C)(C)C. The lowest BCUT2D eigenvalue weighted by Crippen LogP contribution is -2.42. The zero-order valence-electron chi connectivity index (χ0n) is 23.1. The fourth-order valence-electron chi connectivity index (χ4n) is 3.77. The maximum Gasteiger partial charge on any atom is 0.333 e. The highest BCUT2D eigenvalue weighted by Crippen LogP contribution is 2.49. The Kier molecular flexibility index (Phi) is 10.9. The Balaban J connectivity index is 2.21. The third-order valence-electron chi connectivity index (χ3n) is 7.12. The second-order valence-corrected chi connectivity index (χ2v) is 18.5. The molecule has 0 bridgehead atoms. The van der Waals surface area contributed by atoms with Crippen molar-refractivity contribution in [3.63, 3.8) is 0 Å². The quantitative estimate of drug-likeness (QED) is 0.298. The van der Waals surface area contributed by atoms with E-state index in [0.717, 1.165) is 19.0 Å². The summed E-state index contributed by atoms with van der Waals surface area (Å²) in [4.78, 5) is 26.8. The molecular formula is C24H46N3O6PSi. The van der Waals surface area contributed by atoms with Crippen molar-refractivity contribution in [2.24, 2.45) is 0 Å². The Morgan fingerprint density at radius 2 is 1.94 bits per heavy atom. The molecule has 9 nitrogen and oxygen atoms in total. The molecule has 2 heterocycles. The highest BCUT2D eigenvalue weighted by molar-refractivity contribution is 7.41. The molecule has 0 saturated carbocycles. The van der Waals surface area contributed by atoms with Crippen LogP contribution in [0.3, 0.4) is 0 Å². The van der Waals surface area contributed by atoms with E-state index in [1.807, 2.05) is 6.92 Å². The molecule has 0 spiro atoms. The molecule has 0 amide bonds. The van der Waals surface area contributed by atoms with Crippen LogP contribution in [0.25, 0.3) is 0 Å². The van der Waals surface area contributed by atoms with E-state index in [1.165, 1.54) is 4.57 Å². The molecule has 2 N–H and O–H groups in total. The number of ether oxygens (including phenoxy) is 1. The molecular weight excluding hydrogens is 485 g/mol. The summed E-state index contributed by atoms with van der Waals surface area (Å²) >= 11 is 0. The van der Waals surface area contributed by atoms with Crippen molar-refractivity contribution in [2.75, 3.05) is 13.7 Å². The zero-order chi connectivity index (χ0) is 26.6. The maximum absolute atomic E-state index is 12.6. The van der Waals surface area contributed by atoms with Crippen molar-refractivity contribution < 1.29 is 18.3 Å². The van der Waals surface area contributed by atoms with E-state index in [0.29, 0.717) is 18.0 Å². The fourth-order valence-corrected chi connectivity index (χ4v) is 6.81. The van der Waals surface area contributed by atoms with Gasteiger partial charge in [0, 0.05) is 31.3 Å². The molecule has 5 atom stereocenters. The molecule has 2 rings (SSSR count). The summed E-state index contributed by atoms with van der Waals surface area (Å²) in [6, 6.07) is 1.29. The predicted octanol–water partition coefficient (Wildman–Crippen LogP) is 4.69. The Hall–Kier alpha value is -0.873. The minimum absolute atomic E-state index is 0.0336.